The molecule has 1 atom stereocenters. The van der Waals surface area contributed by atoms with Gasteiger partial charge in [-0.15, -0.1) is 0 Å². The van der Waals surface area contributed by atoms with Gasteiger partial charge in [0.2, 0.25) is 5.91 Å². The molecule has 1 aromatic heterocycles. The third-order valence-electron chi connectivity index (χ3n) is 6.20. The van der Waals surface area contributed by atoms with Crippen molar-refractivity contribution in [3.63, 3.8) is 0 Å². The largest absolute Gasteiger partial charge is 0.396 e. The Morgan fingerprint density at radius 2 is 2.15 bits per heavy atom. The lowest BCUT2D eigenvalue weighted by atomic mass is 9.88. The lowest BCUT2D eigenvalue weighted by molar-refractivity contribution is -0.135. The van der Waals surface area contributed by atoms with Crippen molar-refractivity contribution < 1.29 is 23.6 Å². The van der Waals surface area contributed by atoms with Crippen molar-refractivity contribution in [3.05, 3.63) is 40.9 Å². The number of aromatic nitrogens is 1. The number of likely N-dealkylation sites (tertiary alicyclic amines) is 1. The van der Waals surface area contributed by atoms with E-state index in [-0.39, 0.29) is 42.6 Å². The third-order valence-corrected chi connectivity index (χ3v) is 6.42. The minimum absolute atomic E-state index is 0.0915. The number of hydrogen-bond acceptors (Lipinski definition) is 5. The van der Waals surface area contributed by atoms with Crippen molar-refractivity contribution in [2.24, 2.45) is 0 Å². The minimum Gasteiger partial charge on any atom is -0.396 e. The molecule has 1 saturated heterocycles. The van der Waals surface area contributed by atoms with Crippen LogP contribution in [-0.4, -0.2) is 63.3 Å². The summed E-state index contributed by atoms with van der Waals surface area (Å²) in [4.78, 5) is 29.2. The van der Waals surface area contributed by atoms with E-state index in [1.54, 1.807) is 17.0 Å². The number of carbonyl (C=O) groups is 2. The molecule has 0 radical (unpaired) electrons. The van der Waals surface area contributed by atoms with E-state index in [1.807, 2.05) is 11.8 Å². The number of benzene rings is 1. The topological polar surface area (TPSA) is 98.9 Å². The van der Waals surface area contributed by atoms with E-state index in [0.717, 1.165) is 25.7 Å². The number of aliphatic hydroxyl groups excluding tert-OH is 1. The fourth-order valence-corrected chi connectivity index (χ4v) is 4.77. The molecule has 0 unspecified atom stereocenters. The molecule has 1 aliphatic heterocycles. The van der Waals surface area contributed by atoms with Crippen LogP contribution in [0.25, 0.3) is 11.3 Å². The Hall–Kier alpha value is -2.65. The summed E-state index contributed by atoms with van der Waals surface area (Å²) in [5.41, 5.74) is 0.430. The van der Waals surface area contributed by atoms with Crippen LogP contribution in [0.5, 0.6) is 0 Å². The number of rotatable bonds is 7. The quantitative estimate of drug-likeness (QED) is 0.633. The van der Waals surface area contributed by atoms with Gasteiger partial charge in [-0.3, -0.25) is 4.79 Å². The maximum absolute atomic E-state index is 13.6. The molecule has 3 amide bonds. The second-order valence-electron chi connectivity index (χ2n) is 8.99. The molecule has 10 heteroatoms. The van der Waals surface area contributed by atoms with E-state index in [1.165, 1.54) is 12.1 Å². The zero-order chi connectivity index (χ0) is 23.6. The Morgan fingerprint density at radius 3 is 2.85 bits per heavy atom. The maximum Gasteiger partial charge on any atom is 0.318 e. The van der Waals surface area contributed by atoms with E-state index < -0.39 is 11.4 Å². The number of halogens is 2. The summed E-state index contributed by atoms with van der Waals surface area (Å²) < 4.78 is 19.0. The molecule has 2 aliphatic rings. The molecule has 4 rings (SSSR count). The summed E-state index contributed by atoms with van der Waals surface area (Å²) in [6.07, 6.45) is 3.55. The van der Waals surface area contributed by atoms with Gasteiger partial charge in [0, 0.05) is 42.2 Å². The molecular formula is C23H28ClFN4O4. The first-order valence-electron chi connectivity index (χ1n) is 11.2. The van der Waals surface area contributed by atoms with Gasteiger partial charge in [0.25, 0.3) is 0 Å². The zero-order valence-electron chi connectivity index (χ0n) is 18.5. The number of nitrogens with zero attached hydrogens (tertiary/aromatic N) is 3. The summed E-state index contributed by atoms with van der Waals surface area (Å²) in [6.45, 7) is 3.05. The van der Waals surface area contributed by atoms with Crippen molar-refractivity contribution in [1.82, 2.24) is 20.3 Å². The first kappa shape index (κ1) is 23.5. The molecule has 0 bridgehead atoms. The number of urea groups is 1. The van der Waals surface area contributed by atoms with Gasteiger partial charge in [-0.05, 0) is 50.8 Å². The van der Waals surface area contributed by atoms with Gasteiger partial charge < -0.3 is 24.7 Å². The van der Waals surface area contributed by atoms with Gasteiger partial charge in [0.05, 0.1) is 18.7 Å². The number of hydrogen-bond donors (Lipinski definition) is 2. The van der Waals surface area contributed by atoms with Crippen LogP contribution in [0.2, 0.25) is 5.02 Å². The van der Waals surface area contributed by atoms with Crippen LogP contribution in [0, 0.1) is 5.82 Å². The van der Waals surface area contributed by atoms with Gasteiger partial charge in [0.1, 0.15) is 11.5 Å². The number of nitrogens with one attached hydrogen (secondary N) is 1. The Bertz CT molecular complexity index is 1010. The van der Waals surface area contributed by atoms with Crippen molar-refractivity contribution in [3.8, 4) is 11.3 Å². The predicted molar refractivity (Wildman–Crippen MR) is 120 cm³/mol. The molecule has 178 valence electrons. The fourth-order valence-electron chi connectivity index (χ4n) is 4.55. The van der Waals surface area contributed by atoms with Crippen LogP contribution in [0.4, 0.5) is 9.18 Å². The molecule has 2 heterocycles. The number of amides is 3. The SMILES string of the molecule is C[C@@]1(N(C(=O)NCc2cc(-c3cc(F)cc(Cl)c3)no2)C2CC2)CCCN(C(=O)CCO)C1. The Labute approximate surface area is 196 Å². The summed E-state index contributed by atoms with van der Waals surface area (Å²) in [7, 11) is 0. The lowest BCUT2D eigenvalue weighted by Gasteiger charge is -2.47. The number of piperidine rings is 1. The average Bonchev–Trinajstić information content (AvgIpc) is 3.46. The normalized spacial score (nSPS) is 20.5. The molecule has 2 fully saturated rings. The molecule has 33 heavy (non-hydrogen) atoms. The van der Waals surface area contributed by atoms with E-state index >= 15 is 0 Å². The van der Waals surface area contributed by atoms with Crippen LogP contribution >= 0.6 is 11.6 Å². The molecule has 8 nitrogen and oxygen atoms in total. The van der Waals surface area contributed by atoms with Crippen LogP contribution < -0.4 is 5.32 Å². The van der Waals surface area contributed by atoms with Gasteiger partial charge >= 0.3 is 6.03 Å². The van der Waals surface area contributed by atoms with Crippen molar-refractivity contribution in [2.45, 2.75) is 57.2 Å². The van der Waals surface area contributed by atoms with Gasteiger partial charge in [0.15, 0.2) is 5.76 Å². The Morgan fingerprint density at radius 1 is 1.36 bits per heavy atom. The molecule has 0 spiro atoms. The fraction of sp³-hybridized carbons (Fsp3) is 0.522. The van der Waals surface area contributed by atoms with Crippen LogP contribution in [0.3, 0.4) is 0 Å². The first-order chi connectivity index (χ1) is 15.8. The lowest BCUT2D eigenvalue weighted by Crippen LogP contribution is -2.62. The van der Waals surface area contributed by atoms with Gasteiger partial charge in [-0.1, -0.05) is 16.8 Å². The smallest absolute Gasteiger partial charge is 0.318 e. The summed E-state index contributed by atoms with van der Waals surface area (Å²) in [6, 6.07) is 5.68. The van der Waals surface area contributed by atoms with E-state index in [4.69, 9.17) is 21.2 Å². The van der Waals surface area contributed by atoms with E-state index in [2.05, 4.69) is 10.5 Å². The molecule has 1 aliphatic carbocycles. The van der Waals surface area contributed by atoms with Crippen molar-refractivity contribution in [1.29, 1.82) is 0 Å². The monoisotopic (exact) mass is 478 g/mol. The van der Waals surface area contributed by atoms with E-state index in [0.29, 0.717) is 30.1 Å². The van der Waals surface area contributed by atoms with Crippen LogP contribution in [0.1, 0.15) is 44.8 Å². The second-order valence-corrected chi connectivity index (χ2v) is 9.42. The van der Waals surface area contributed by atoms with E-state index in [9.17, 15) is 14.0 Å². The minimum atomic E-state index is -0.487. The highest BCUT2D eigenvalue weighted by Gasteiger charge is 2.46. The molecule has 1 saturated carbocycles. The standard InChI is InChI=1S/C23H28ClFN4O4/c1-23(6-2-7-28(14-23)21(31)5-8-30)29(18-3-4-18)22(32)26-13-19-12-20(27-33-19)15-9-16(24)11-17(25)10-15/h9-12,18,30H,2-8,13-14H2,1H3,(H,26,32)/t23-/m1/s1. The predicted octanol–water partition coefficient (Wildman–Crippen LogP) is 3.57. The summed E-state index contributed by atoms with van der Waals surface area (Å²) in [5.74, 6) is -0.128. The Balaban J connectivity index is 1.42. The van der Waals surface area contributed by atoms with Crippen LogP contribution in [-0.2, 0) is 11.3 Å². The third kappa shape index (κ3) is 5.47. The number of aliphatic hydroxyl groups is 1. The van der Waals surface area contributed by atoms with Gasteiger partial charge in [-0.2, -0.15) is 0 Å². The van der Waals surface area contributed by atoms with Crippen molar-refractivity contribution in [2.75, 3.05) is 19.7 Å². The van der Waals surface area contributed by atoms with Crippen molar-refractivity contribution >= 4 is 23.5 Å². The average molecular weight is 479 g/mol. The second kappa shape index (κ2) is 9.69. The molecule has 2 aromatic rings. The highest BCUT2D eigenvalue weighted by atomic mass is 35.5. The maximum atomic E-state index is 13.6. The van der Waals surface area contributed by atoms with Gasteiger partial charge in [-0.25, -0.2) is 9.18 Å². The first-order valence-corrected chi connectivity index (χ1v) is 11.5. The molecule has 2 N–H and O–H groups in total. The molecular weight excluding hydrogens is 451 g/mol. The Kier molecular flexibility index (Phi) is 6.90. The number of carbonyl (C=O) groups excluding carboxylic acids is 2. The molecule has 1 aromatic carbocycles. The summed E-state index contributed by atoms with van der Waals surface area (Å²) >= 11 is 5.92. The summed E-state index contributed by atoms with van der Waals surface area (Å²) in [5, 5.41) is 16.2. The van der Waals surface area contributed by atoms with Crippen LogP contribution in [0.15, 0.2) is 28.8 Å². The highest BCUT2D eigenvalue weighted by Crippen LogP contribution is 2.37. The highest BCUT2D eigenvalue weighted by molar-refractivity contribution is 6.30. The zero-order valence-corrected chi connectivity index (χ0v) is 19.3.